The van der Waals surface area contributed by atoms with Crippen LogP contribution in [0.2, 0.25) is 0 Å². The Bertz CT molecular complexity index is 297. The molecule has 2 atom stereocenters. The van der Waals surface area contributed by atoms with Gasteiger partial charge >= 0.3 is 0 Å². The largest absolute Gasteiger partial charge is 0.394 e. The Labute approximate surface area is 130 Å². The number of hydrogen-bond donors (Lipinski definition) is 2. The maximum absolute atomic E-state index is 9.64. The number of nitrogens with one attached hydrogen (secondary N) is 1. The molecule has 2 aliphatic rings. The van der Waals surface area contributed by atoms with Crippen molar-refractivity contribution >= 4 is 0 Å². The lowest BCUT2D eigenvalue weighted by Crippen LogP contribution is -2.47. The first-order valence-corrected chi connectivity index (χ1v) is 8.88. The Balaban J connectivity index is 1.64. The van der Waals surface area contributed by atoms with Crippen molar-refractivity contribution in [1.82, 2.24) is 10.2 Å². The zero-order valence-electron chi connectivity index (χ0n) is 13.9. The van der Waals surface area contributed by atoms with Gasteiger partial charge in [0, 0.05) is 24.7 Å². The second-order valence-corrected chi connectivity index (χ2v) is 7.18. The Morgan fingerprint density at radius 1 is 1.33 bits per heavy atom. The normalized spacial score (nSPS) is 26.7. The van der Waals surface area contributed by atoms with Gasteiger partial charge in [0.1, 0.15) is 0 Å². The van der Waals surface area contributed by atoms with Crippen LogP contribution in [0.25, 0.3) is 0 Å². The highest BCUT2D eigenvalue weighted by Gasteiger charge is 2.31. The molecule has 2 fully saturated rings. The summed E-state index contributed by atoms with van der Waals surface area (Å²) >= 11 is 0. The van der Waals surface area contributed by atoms with Crippen LogP contribution in [0.3, 0.4) is 0 Å². The molecule has 1 aliphatic heterocycles. The maximum Gasteiger partial charge on any atom is 0.0702 e. The number of rotatable bonds is 10. The van der Waals surface area contributed by atoms with Crippen molar-refractivity contribution in [3.63, 3.8) is 0 Å². The number of aliphatic hydroxyl groups excluding tert-OH is 1. The van der Waals surface area contributed by atoms with E-state index in [-0.39, 0.29) is 12.1 Å². The van der Waals surface area contributed by atoms with Crippen LogP contribution in [0.5, 0.6) is 0 Å². The molecule has 2 N–H and O–H groups in total. The molecular weight excluding hydrogens is 264 g/mol. The van der Waals surface area contributed by atoms with Gasteiger partial charge in [-0.15, -0.1) is 0 Å². The molecule has 124 valence electrons. The average Bonchev–Trinajstić information content (AvgIpc) is 3.29. The number of piperidine rings is 1. The third-order valence-corrected chi connectivity index (χ3v) is 4.70. The highest BCUT2D eigenvalue weighted by Crippen LogP contribution is 2.25. The van der Waals surface area contributed by atoms with Gasteiger partial charge < -0.3 is 20.1 Å². The van der Waals surface area contributed by atoms with Gasteiger partial charge in [0.25, 0.3) is 0 Å². The van der Waals surface area contributed by atoms with Crippen LogP contribution in [-0.2, 0) is 4.74 Å². The number of aliphatic hydroxyl groups is 1. The van der Waals surface area contributed by atoms with Crippen LogP contribution in [0.4, 0.5) is 0 Å². The zero-order valence-corrected chi connectivity index (χ0v) is 13.9. The van der Waals surface area contributed by atoms with E-state index in [0.29, 0.717) is 12.1 Å². The van der Waals surface area contributed by atoms with Crippen LogP contribution < -0.4 is 5.32 Å². The average molecular weight is 298 g/mol. The first-order valence-electron chi connectivity index (χ1n) is 8.88. The molecule has 1 aliphatic carbocycles. The van der Waals surface area contributed by atoms with Crippen molar-refractivity contribution in [2.45, 2.75) is 76.5 Å². The highest BCUT2D eigenvalue weighted by molar-refractivity contribution is 4.92. The molecule has 21 heavy (non-hydrogen) atoms. The van der Waals surface area contributed by atoms with E-state index in [1.54, 1.807) is 0 Å². The van der Waals surface area contributed by atoms with E-state index in [4.69, 9.17) is 4.74 Å². The minimum atomic E-state index is -0.0882. The summed E-state index contributed by atoms with van der Waals surface area (Å²) in [5.41, 5.74) is -0.0882. The molecule has 1 saturated heterocycles. The van der Waals surface area contributed by atoms with Crippen LogP contribution in [0.15, 0.2) is 0 Å². The van der Waals surface area contributed by atoms with Gasteiger partial charge in [-0.2, -0.15) is 0 Å². The Kier molecular flexibility index (Phi) is 6.93. The summed E-state index contributed by atoms with van der Waals surface area (Å²) in [6.45, 7) is 8.90. The van der Waals surface area contributed by atoms with Crippen LogP contribution in [0.1, 0.15) is 58.8 Å². The van der Waals surface area contributed by atoms with Crippen LogP contribution in [0, 0.1) is 0 Å². The van der Waals surface area contributed by atoms with Crippen molar-refractivity contribution in [2.75, 3.05) is 32.8 Å². The fourth-order valence-corrected chi connectivity index (χ4v) is 3.25. The Hall–Kier alpha value is -0.160. The van der Waals surface area contributed by atoms with Gasteiger partial charge in [0.05, 0.1) is 12.7 Å². The molecule has 0 radical (unpaired) electrons. The van der Waals surface area contributed by atoms with Crippen molar-refractivity contribution in [3.8, 4) is 0 Å². The second kappa shape index (κ2) is 8.47. The van der Waals surface area contributed by atoms with E-state index in [2.05, 4.69) is 24.1 Å². The van der Waals surface area contributed by atoms with E-state index in [9.17, 15) is 5.11 Å². The summed E-state index contributed by atoms with van der Waals surface area (Å²) in [5, 5.41) is 13.2. The molecule has 0 spiro atoms. The lowest BCUT2D eigenvalue weighted by atomic mass is 9.96. The summed E-state index contributed by atoms with van der Waals surface area (Å²) in [6.07, 6.45) is 8.77. The Morgan fingerprint density at radius 2 is 2.14 bits per heavy atom. The van der Waals surface area contributed by atoms with E-state index < -0.39 is 0 Å². The summed E-state index contributed by atoms with van der Waals surface area (Å²) < 4.78 is 5.90. The molecular formula is C17H34N2O2. The standard InChI is InChI=1S/C17H34N2O2/c1-3-12-21-16-6-4-10-19(13-16)11-5-9-17(2,14-20)18-15-7-8-15/h15-16,18,20H,3-14H2,1-2H3. The minimum absolute atomic E-state index is 0.0882. The first-order chi connectivity index (χ1) is 10.1. The first kappa shape index (κ1) is 17.2. The molecule has 0 amide bonds. The van der Waals surface area contributed by atoms with Gasteiger partial charge in [0.2, 0.25) is 0 Å². The fourth-order valence-electron chi connectivity index (χ4n) is 3.25. The molecule has 0 aromatic carbocycles. The number of likely N-dealkylation sites (tertiary alicyclic amines) is 1. The van der Waals surface area contributed by atoms with Gasteiger partial charge in [0.15, 0.2) is 0 Å². The van der Waals surface area contributed by atoms with E-state index in [1.165, 1.54) is 32.2 Å². The molecule has 1 heterocycles. The smallest absolute Gasteiger partial charge is 0.0702 e. The number of nitrogens with zero attached hydrogens (tertiary/aromatic N) is 1. The van der Waals surface area contributed by atoms with E-state index in [1.807, 2.05) is 0 Å². The van der Waals surface area contributed by atoms with E-state index in [0.717, 1.165) is 39.0 Å². The van der Waals surface area contributed by atoms with Crippen LogP contribution >= 0.6 is 0 Å². The van der Waals surface area contributed by atoms with E-state index >= 15 is 0 Å². The molecule has 2 unspecified atom stereocenters. The maximum atomic E-state index is 9.64. The predicted octanol–water partition coefficient (Wildman–Crippen LogP) is 2.16. The van der Waals surface area contributed by atoms with Crippen molar-refractivity contribution < 1.29 is 9.84 Å². The third kappa shape index (κ3) is 6.23. The molecule has 0 bridgehead atoms. The van der Waals surface area contributed by atoms with Crippen molar-refractivity contribution in [1.29, 1.82) is 0 Å². The molecule has 0 aromatic heterocycles. The predicted molar refractivity (Wildman–Crippen MR) is 86.6 cm³/mol. The van der Waals surface area contributed by atoms with Gasteiger partial charge in [-0.3, -0.25) is 0 Å². The summed E-state index contributed by atoms with van der Waals surface area (Å²) in [7, 11) is 0. The zero-order chi connectivity index (χ0) is 15.1. The summed E-state index contributed by atoms with van der Waals surface area (Å²) in [4.78, 5) is 2.54. The summed E-state index contributed by atoms with van der Waals surface area (Å²) in [5.74, 6) is 0. The fraction of sp³-hybridized carbons (Fsp3) is 1.00. The SMILES string of the molecule is CCCOC1CCCN(CCCC(C)(CO)NC2CC2)C1. The van der Waals surface area contributed by atoms with Crippen LogP contribution in [-0.4, -0.2) is 60.5 Å². The van der Waals surface area contributed by atoms with Gasteiger partial charge in [-0.05, 0) is 65.0 Å². The highest BCUT2D eigenvalue weighted by atomic mass is 16.5. The van der Waals surface area contributed by atoms with Crippen molar-refractivity contribution in [3.05, 3.63) is 0 Å². The molecule has 2 rings (SSSR count). The van der Waals surface area contributed by atoms with Gasteiger partial charge in [-0.1, -0.05) is 6.92 Å². The van der Waals surface area contributed by atoms with Crippen molar-refractivity contribution in [2.24, 2.45) is 0 Å². The van der Waals surface area contributed by atoms with Gasteiger partial charge in [-0.25, -0.2) is 0 Å². The number of ether oxygens (including phenoxy) is 1. The quantitative estimate of drug-likeness (QED) is 0.649. The Morgan fingerprint density at radius 3 is 2.81 bits per heavy atom. The third-order valence-electron chi connectivity index (χ3n) is 4.70. The summed E-state index contributed by atoms with van der Waals surface area (Å²) in [6, 6.07) is 0.656. The minimum Gasteiger partial charge on any atom is -0.394 e. The topological polar surface area (TPSA) is 44.7 Å². The lowest BCUT2D eigenvalue weighted by Gasteiger charge is -2.34. The molecule has 0 aromatic rings. The monoisotopic (exact) mass is 298 g/mol. The second-order valence-electron chi connectivity index (χ2n) is 7.18. The molecule has 1 saturated carbocycles. The molecule has 4 nitrogen and oxygen atoms in total. The molecule has 4 heteroatoms. The lowest BCUT2D eigenvalue weighted by molar-refractivity contribution is -0.00102. The number of hydrogen-bond acceptors (Lipinski definition) is 4.